The van der Waals surface area contributed by atoms with Gasteiger partial charge in [-0.3, -0.25) is 0 Å². The topological polar surface area (TPSA) is 18.5 Å². The number of hydrogen-bond donors (Lipinski definition) is 0. The van der Waals surface area contributed by atoms with Gasteiger partial charge in [-0.25, -0.2) is 26.3 Å². The van der Waals surface area contributed by atoms with E-state index in [1.807, 2.05) is 0 Å². The minimum Gasteiger partial charge on any atom is -0.490 e. The molecule has 0 saturated heterocycles. The van der Waals surface area contributed by atoms with Gasteiger partial charge in [0.15, 0.2) is 34.8 Å². The van der Waals surface area contributed by atoms with Crippen molar-refractivity contribution in [3.05, 3.63) is 95.1 Å². The highest BCUT2D eigenvalue weighted by Crippen LogP contribution is 2.41. The summed E-state index contributed by atoms with van der Waals surface area (Å²) in [6, 6.07) is 4.44. The summed E-state index contributed by atoms with van der Waals surface area (Å²) in [6.45, 7) is 4.51. The zero-order valence-electron chi connectivity index (χ0n) is 22.7. The summed E-state index contributed by atoms with van der Waals surface area (Å²) in [5, 5.41) is 0. The minimum absolute atomic E-state index is 0.00208. The van der Waals surface area contributed by atoms with E-state index in [1.54, 1.807) is 0 Å². The molecule has 3 aromatic rings. The molecular weight excluding hydrogens is 594 g/mol. The Morgan fingerprint density at radius 1 is 0.721 bits per heavy atom. The van der Waals surface area contributed by atoms with Crippen molar-refractivity contribution in [1.82, 2.24) is 0 Å². The van der Waals surface area contributed by atoms with Gasteiger partial charge in [-0.2, -0.15) is 17.6 Å². The summed E-state index contributed by atoms with van der Waals surface area (Å²) in [6.07, 6.45) is -2.92. The normalized spacial score (nSPS) is 17.6. The van der Waals surface area contributed by atoms with Crippen LogP contribution in [0.2, 0.25) is 0 Å². The lowest BCUT2D eigenvalue weighted by Crippen LogP contribution is -2.31. The fourth-order valence-electron chi connectivity index (χ4n) is 5.04. The Kier molecular flexibility index (Phi) is 9.36. The minimum atomic E-state index is -4.63. The molecular formula is C31H26F10O2. The molecule has 1 aliphatic rings. The van der Waals surface area contributed by atoms with Crippen LogP contribution in [-0.4, -0.2) is 12.5 Å². The Hall–Kier alpha value is -3.70. The van der Waals surface area contributed by atoms with E-state index in [0.717, 1.165) is 18.2 Å². The second-order valence-corrected chi connectivity index (χ2v) is 10.3. The second-order valence-electron chi connectivity index (χ2n) is 10.3. The van der Waals surface area contributed by atoms with Crippen molar-refractivity contribution in [3.8, 4) is 22.6 Å². The van der Waals surface area contributed by atoms with Crippen LogP contribution in [0.25, 0.3) is 11.1 Å². The smallest absolute Gasteiger partial charge is 0.429 e. The van der Waals surface area contributed by atoms with Crippen molar-refractivity contribution >= 4 is 0 Å². The van der Waals surface area contributed by atoms with Crippen molar-refractivity contribution in [2.75, 3.05) is 6.61 Å². The van der Waals surface area contributed by atoms with Crippen LogP contribution in [0.15, 0.2) is 49.1 Å². The van der Waals surface area contributed by atoms with Gasteiger partial charge in [-0.1, -0.05) is 19.6 Å². The summed E-state index contributed by atoms with van der Waals surface area (Å²) in [5.41, 5.74) is -3.36. The van der Waals surface area contributed by atoms with Gasteiger partial charge in [0.1, 0.15) is 5.56 Å². The molecule has 12 heteroatoms. The average Bonchev–Trinajstić information content (AvgIpc) is 2.98. The SMILES string of the molecule is C=CC(F)(F)C1CCC(COc2ccc(-c3ccc(OC(F)(F)c4ccc(CC)c(F)c4F)c(F)c3F)c(F)c2F)CC1. The first-order valence-electron chi connectivity index (χ1n) is 13.4. The molecule has 0 bridgehead atoms. The molecule has 4 rings (SSSR count). The maximum Gasteiger partial charge on any atom is 0.429 e. The molecule has 0 aliphatic heterocycles. The Labute approximate surface area is 240 Å². The molecule has 2 nitrogen and oxygen atoms in total. The van der Waals surface area contributed by atoms with E-state index in [-0.39, 0.29) is 37.4 Å². The molecule has 0 amide bonds. The van der Waals surface area contributed by atoms with Crippen LogP contribution in [0.1, 0.15) is 43.7 Å². The monoisotopic (exact) mass is 620 g/mol. The standard InChI is InChI=1S/C31H26F10O2/c1-3-17-7-12-21(27(35)24(17)32)31(40,41)43-23-14-11-20(26(34)29(23)37)19-10-13-22(28(36)25(19)33)42-15-16-5-8-18(9-6-16)30(38,39)4-2/h4,7,10-14,16,18H,2-3,5-6,8-9,15H2,1H3. The predicted molar refractivity (Wildman–Crippen MR) is 138 cm³/mol. The van der Waals surface area contributed by atoms with Crippen molar-refractivity contribution in [2.24, 2.45) is 11.8 Å². The van der Waals surface area contributed by atoms with Gasteiger partial charge in [0, 0.05) is 17.0 Å². The van der Waals surface area contributed by atoms with Crippen LogP contribution in [0.3, 0.4) is 0 Å². The van der Waals surface area contributed by atoms with E-state index >= 15 is 0 Å². The lowest BCUT2D eigenvalue weighted by molar-refractivity contribution is -0.189. The van der Waals surface area contributed by atoms with E-state index in [4.69, 9.17) is 4.74 Å². The number of ether oxygens (including phenoxy) is 2. The first-order chi connectivity index (χ1) is 20.2. The van der Waals surface area contributed by atoms with Crippen molar-refractivity contribution in [3.63, 3.8) is 0 Å². The summed E-state index contributed by atoms with van der Waals surface area (Å²) >= 11 is 0. The van der Waals surface area contributed by atoms with E-state index in [1.165, 1.54) is 6.92 Å². The van der Waals surface area contributed by atoms with Gasteiger partial charge in [0.2, 0.25) is 11.6 Å². The maximum absolute atomic E-state index is 14.9. The second kappa shape index (κ2) is 12.5. The molecule has 0 unspecified atom stereocenters. The zero-order valence-corrected chi connectivity index (χ0v) is 22.7. The number of alkyl halides is 4. The van der Waals surface area contributed by atoms with Crippen LogP contribution in [0.4, 0.5) is 43.9 Å². The van der Waals surface area contributed by atoms with Crippen molar-refractivity contribution in [1.29, 1.82) is 0 Å². The highest BCUT2D eigenvalue weighted by Gasteiger charge is 2.41. The van der Waals surface area contributed by atoms with Crippen LogP contribution in [0, 0.1) is 46.7 Å². The molecule has 0 aromatic heterocycles. The van der Waals surface area contributed by atoms with Crippen LogP contribution < -0.4 is 9.47 Å². The predicted octanol–water partition coefficient (Wildman–Crippen LogP) is 9.89. The highest BCUT2D eigenvalue weighted by atomic mass is 19.3. The van der Waals surface area contributed by atoms with Crippen LogP contribution >= 0.6 is 0 Å². The van der Waals surface area contributed by atoms with E-state index in [2.05, 4.69) is 11.3 Å². The molecule has 3 aromatic carbocycles. The number of allylic oxidation sites excluding steroid dienone is 1. The number of rotatable bonds is 10. The fraction of sp³-hybridized carbons (Fsp3) is 0.355. The van der Waals surface area contributed by atoms with Gasteiger partial charge >= 0.3 is 6.11 Å². The molecule has 1 saturated carbocycles. The number of halogens is 10. The van der Waals surface area contributed by atoms with Crippen molar-refractivity contribution in [2.45, 2.75) is 51.1 Å². The number of benzene rings is 3. The van der Waals surface area contributed by atoms with Gasteiger partial charge in [-0.05, 0) is 80.0 Å². The summed E-state index contributed by atoms with van der Waals surface area (Å²) in [5.74, 6) is -16.6. The quantitative estimate of drug-likeness (QED) is 0.166. The van der Waals surface area contributed by atoms with Gasteiger partial charge in [-0.15, -0.1) is 0 Å². The van der Waals surface area contributed by atoms with Gasteiger partial charge in [0.25, 0.3) is 5.92 Å². The Balaban J connectivity index is 1.49. The molecule has 43 heavy (non-hydrogen) atoms. The molecule has 1 fully saturated rings. The molecule has 232 valence electrons. The lowest BCUT2D eigenvalue weighted by atomic mass is 9.79. The fourth-order valence-corrected chi connectivity index (χ4v) is 5.04. The third-order valence-electron chi connectivity index (χ3n) is 7.62. The molecule has 0 N–H and O–H groups in total. The maximum atomic E-state index is 14.9. The lowest BCUT2D eigenvalue weighted by Gasteiger charge is -2.32. The van der Waals surface area contributed by atoms with Gasteiger partial charge in [0.05, 0.1) is 6.61 Å². The summed E-state index contributed by atoms with van der Waals surface area (Å²) in [7, 11) is 0. The van der Waals surface area contributed by atoms with Crippen LogP contribution in [0.5, 0.6) is 11.5 Å². The van der Waals surface area contributed by atoms with Gasteiger partial charge < -0.3 is 9.47 Å². The number of hydrogen-bond acceptors (Lipinski definition) is 2. The Bertz CT molecular complexity index is 1500. The van der Waals surface area contributed by atoms with E-state index in [0.29, 0.717) is 37.1 Å². The van der Waals surface area contributed by atoms with Crippen molar-refractivity contribution < 1.29 is 53.4 Å². The molecule has 0 radical (unpaired) electrons. The molecule has 0 heterocycles. The first-order valence-corrected chi connectivity index (χ1v) is 13.4. The average molecular weight is 621 g/mol. The number of aryl methyl sites for hydroxylation is 1. The molecule has 0 spiro atoms. The molecule has 0 atom stereocenters. The summed E-state index contributed by atoms with van der Waals surface area (Å²) in [4.78, 5) is 0. The summed E-state index contributed by atoms with van der Waals surface area (Å²) < 4.78 is 154. The molecule has 1 aliphatic carbocycles. The third-order valence-corrected chi connectivity index (χ3v) is 7.62. The van der Waals surface area contributed by atoms with E-state index < -0.39 is 81.0 Å². The largest absolute Gasteiger partial charge is 0.490 e. The van der Waals surface area contributed by atoms with E-state index in [9.17, 15) is 43.9 Å². The highest BCUT2D eigenvalue weighted by molar-refractivity contribution is 5.67. The zero-order chi connectivity index (χ0) is 31.7. The third kappa shape index (κ3) is 6.47. The first kappa shape index (κ1) is 32.2. The Morgan fingerprint density at radius 2 is 1.28 bits per heavy atom. The Morgan fingerprint density at radius 3 is 1.84 bits per heavy atom. The van der Waals surface area contributed by atoms with Crippen LogP contribution in [-0.2, 0) is 12.5 Å².